The van der Waals surface area contributed by atoms with Crippen molar-refractivity contribution in [3.63, 3.8) is 0 Å². The fourth-order valence-electron chi connectivity index (χ4n) is 3.28. The van der Waals surface area contributed by atoms with Crippen LogP contribution in [0.3, 0.4) is 0 Å². The molecule has 2 aromatic rings. The summed E-state index contributed by atoms with van der Waals surface area (Å²) in [4.78, 5) is 19.0. The van der Waals surface area contributed by atoms with Gasteiger partial charge in [-0.15, -0.1) is 6.58 Å². The lowest BCUT2D eigenvalue weighted by atomic mass is 9.82. The van der Waals surface area contributed by atoms with Crippen LogP contribution in [0.1, 0.15) is 37.0 Å². The Kier molecular flexibility index (Phi) is 7.69. The lowest BCUT2D eigenvalue weighted by Crippen LogP contribution is -2.41. The molecule has 2 aromatic carbocycles. The molecule has 1 heterocycles. The van der Waals surface area contributed by atoms with Gasteiger partial charge in [0.05, 0.1) is 0 Å². The van der Waals surface area contributed by atoms with E-state index in [-0.39, 0.29) is 17.6 Å². The summed E-state index contributed by atoms with van der Waals surface area (Å²) >= 11 is 0. The largest absolute Gasteiger partial charge is 0.435 e. The standard InChI is InChI=1S/C21H21F2N3O2.C2H6/c1-3-4-6-14-7-5-8-16(13-14)21(18(27)26(2)20(24)25-21)15-9-11-17(12-10-15)28-19(22)23;1-2/h3,5,7-13,19H,1,4,6H2,2H3,(H2,24,25);1-2H3. The van der Waals surface area contributed by atoms with Crippen LogP contribution in [0.5, 0.6) is 5.75 Å². The van der Waals surface area contributed by atoms with Crippen LogP contribution in [0.4, 0.5) is 8.78 Å². The first-order valence-electron chi connectivity index (χ1n) is 9.77. The molecule has 160 valence electrons. The minimum Gasteiger partial charge on any atom is -0.435 e. The van der Waals surface area contributed by atoms with E-state index < -0.39 is 12.2 Å². The number of benzene rings is 2. The quantitative estimate of drug-likeness (QED) is 0.679. The van der Waals surface area contributed by atoms with Crippen molar-refractivity contribution in [2.75, 3.05) is 7.05 Å². The van der Waals surface area contributed by atoms with Gasteiger partial charge in [0.25, 0.3) is 5.91 Å². The van der Waals surface area contributed by atoms with Crippen molar-refractivity contribution in [3.05, 3.63) is 77.9 Å². The molecular formula is C23H27F2N3O2. The molecule has 0 saturated carbocycles. The number of rotatable bonds is 7. The van der Waals surface area contributed by atoms with Gasteiger partial charge in [-0.2, -0.15) is 8.78 Å². The predicted octanol–water partition coefficient (Wildman–Crippen LogP) is 4.46. The van der Waals surface area contributed by atoms with Crippen LogP contribution in [0.25, 0.3) is 0 Å². The second-order valence-corrected chi connectivity index (χ2v) is 6.48. The lowest BCUT2D eigenvalue weighted by Gasteiger charge is -2.26. The monoisotopic (exact) mass is 415 g/mol. The molecule has 1 aliphatic heterocycles. The summed E-state index contributed by atoms with van der Waals surface area (Å²) in [6, 6.07) is 13.5. The van der Waals surface area contributed by atoms with Gasteiger partial charge in [0.2, 0.25) is 0 Å². The maximum Gasteiger partial charge on any atom is 0.387 e. The zero-order chi connectivity index (χ0) is 22.3. The van der Waals surface area contributed by atoms with E-state index in [2.05, 4.69) is 16.3 Å². The van der Waals surface area contributed by atoms with Crippen molar-refractivity contribution in [1.82, 2.24) is 4.90 Å². The van der Waals surface area contributed by atoms with E-state index in [1.165, 1.54) is 17.0 Å². The van der Waals surface area contributed by atoms with Gasteiger partial charge in [0.1, 0.15) is 5.75 Å². The molecule has 1 aliphatic rings. The normalized spacial score (nSPS) is 18.0. The Morgan fingerprint density at radius 2 is 1.87 bits per heavy atom. The molecular weight excluding hydrogens is 388 g/mol. The number of carbonyl (C=O) groups excluding carboxylic acids is 1. The molecule has 2 N–H and O–H groups in total. The van der Waals surface area contributed by atoms with Crippen LogP contribution in [-0.2, 0) is 16.8 Å². The van der Waals surface area contributed by atoms with Gasteiger partial charge in [0, 0.05) is 7.05 Å². The first kappa shape index (κ1) is 23.1. The number of alkyl halides is 2. The highest BCUT2D eigenvalue weighted by atomic mass is 19.3. The highest BCUT2D eigenvalue weighted by Gasteiger charge is 2.49. The number of guanidine groups is 1. The van der Waals surface area contributed by atoms with Crippen LogP contribution in [0.15, 0.2) is 66.2 Å². The van der Waals surface area contributed by atoms with Gasteiger partial charge in [-0.1, -0.05) is 56.3 Å². The van der Waals surface area contributed by atoms with E-state index in [1.807, 2.05) is 44.2 Å². The summed E-state index contributed by atoms with van der Waals surface area (Å²) in [7, 11) is 1.55. The molecule has 0 radical (unpaired) electrons. The smallest absolute Gasteiger partial charge is 0.387 e. The Morgan fingerprint density at radius 1 is 1.20 bits per heavy atom. The van der Waals surface area contributed by atoms with Crippen LogP contribution >= 0.6 is 0 Å². The Labute approximate surface area is 175 Å². The summed E-state index contributed by atoms with van der Waals surface area (Å²) in [5.41, 5.74) is 6.80. The van der Waals surface area contributed by atoms with Crippen molar-refractivity contribution in [1.29, 1.82) is 0 Å². The number of aryl methyl sites for hydroxylation is 1. The number of carbonyl (C=O) groups is 1. The number of likely N-dealkylation sites (N-methyl/N-ethyl adjacent to an activating group) is 1. The third kappa shape index (κ3) is 4.50. The van der Waals surface area contributed by atoms with Gasteiger partial charge in [-0.3, -0.25) is 9.69 Å². The molecule has 0 saturated heterocycles. The fourth-order valence-corrected chi connectivity index (χ4v) is 3.28. The first-order valence-corrected chi connectivity index (χ1v) is 9.77. The number of nitrogens with two attached hydrogens (primary N) is 1. The summed E-state index contributed by atoms with van der Waals surface area (Å²) in [5.74, 6) is -0.216. The number of ether oxygens (including phenoxy) is 1. The Bertz CT molecular complexity index is 913. The molecule has 7 heteroatoms. The zero-order valence-electron chi connectivity index (χ0n) is 17.4. The van der Waals surface area contributed by atoms with Crippen molar-refractivity contribution < 1.29 is 18.3 Å². The minimum absolute atomic E-state index is 0.00406. The second kappa shape index (κ2) is 10.0. The zero-order valence-corrected chi connectivity index (χ0v) is 17.4. The van der Waals surface area contributed by atoms with Crippen molar-refractivity contribution in [2.45, 2.75) is 38.8 Å². The SMILES string of the molecule is C=CCCc1cccc(C2(c3ccc(OC(F)F)cc3)N=C(N)N(C)C2=O)c1.CC. The lowest BCUT2D eigenvalue weighted by molar-refractivity contribution is -0.129. The topological polar surface area (TPSA) is 67.9 Å². The maximum absolute atomic E-state index is 13.2. The van der Waals surface area contributed by atoms with Gasteiger partial charge in [0.15, 0.2) is 11.5 Å². The first-order chi connectivity index (χ1) is 14.4. The van der Waals surface area contributed by atoms with E-state index in [0.29, 0.717) is 11.1 Å². The second-order valence-electron chi connectivity index (χ2n) is 6.48. The molecule has 1 unspecified atom stereocenters. The summed E-state index contributed by atoms with van der Waals surface area (Å²) in [5, 5.41) is 0. The fraction of sp³-hybridized carbons (Fsp3) is 0.304. The predicted molar refractivity (Wildman–Crippen MR) is 115 cm³/mol. The average molecular weight is 415 g/mol. The molecule has 1 atom stereocenters. The number of allylic oxidation sites excluding steroid dienone is 1. The van der Waals surface area contributed by atoms with Gasteiger partial charge < -0.3 is 10.5 Å². The van der Waals surface area contributed by atoms with Crippen LogP contribution in [-0.4, -0.2) is 30.4 Å². The van der Waals surface area contributed by atoms with E-state index in [1.54, 1.807) is 19.2 Å². The number of aliphatic imine (C=N–C) groups is 1. The molecule has 0 aromatic heterocycles. The van der Waals surface area contributed by atoms with Gasteiger partial charge in [-0.25, -0.2) is 4.99 Å². The highest BCUT2D eigenvalue weighted by molar-refractivity contribution is 6.08. The van der Waals surface area contributed by atoms with Gasteiger partial charge >= 0.3 is 6.61 Å². The van der Waals surface area contributed by atoms with E-state index in [9.17, 15) is 13.6 Å². The number of amides is 1. The Morgan fingerprint density at radius 3 is 2.40 bits per heavy atom. The average Bonchev–Trinajstić information content (AvgIpc) is 2.99. The summed E-state index contributed by atoms with van der Waals surface area (Å²) < 4.78 is 29.3. The number of nitrogens with zero attached hydrogens (tertiary/aromatic N) is 2. The third-order valence-corrected chi connectivity index (χ3v) is 4.72. The van der Waals surface area contributed by atoms with Crippen LogP contribution < -0.4 is 10.5 Å². The van der Waals surface area contributed by atoms with E-state index >= 15 is 0 Å². The number of halogens is 2. The van der Waals surface area contributed by atoms with E-state index in [0.717, 1.165) is 18.4 Å². The Hall–Kier alpha value is -3.22. The number of hydrogen-bond acceptors (Lipinski definition) is 4. The van der Waals surface area contributed by atoms with Crippen molar-refractivity contribution >= 4 is 11.9 Å². The minimum atomic E-state index is -2.92. The summed E-state index contributed by atoms with van der Waals surface area (Å²) in [6.45, 7) is 4.81. The molecule has 5 nitrogen and oxygen atoms in total. The van der Waals surface area contributed by atoms with E-state index in [4.69, 9.17) is 5.73 Å². The molecule has 0 spiro atoms. The van der Waals surface area contributed by atoms with Crippen molar-refractivity contribution in [3.8, 4) is 5.75 Å². The molecule has 1 amide bonds. The molecule has 3 rings (SSSR count). The summed E-state index contributed by atoms with van der Waals surface area (Å²) in [6.07, 6.45) is 3.40. The molecule has 0 aliphatic carbocycles. The third-order valence-electron chi connectivity index (χ3n) is 4.72. The maximum atomic E-state index is 13.2. The number of hydrogen-bond donors (Lipinski definition) is 1. The molecule has 0 fully saturated rings. The van der Waals surface area contributed by atoms with Crippen LogP contribution in [0.2, 0.25) is 0 Å². The van der Waals surface area contributed by atoms with Crippen molar-refractivity contribution in [2.24, 2.45) is 10.7 Å². The van der Waals surface area contributed by atoms with Crippen LogP contribution in [0, 0.1) is 0 Å². The molecule has 0 bridgehead atoms. The highest BCUT2D eigenvalue weighted by Crippen LogP contribution is 2.40. The Balaban J connectivity index is 0.00000155. The van der Waals surface area contributed by atoms with Gasteiger partial charge in [-0.05, 0) is 41.7 Å². The molecule has 30 heavy (non-hydrogen) atoms.